The summed E-state index contributed by atoms with van der Waals surface area (Å²) in [5, 5.41) is 3.48. The molecule has 2 fully saturated rings. The van der Waals surface area contributed by atoms with Gasteiger partial charge in [-0.3, -0.25) is 0 Å². The molecule has 2 heteroatoms. The van der Waals surface area contributed by atoms with Gasteiger partial charge in [0, 0.05) is 0 Å². The van der Waals surface area contributed by atoms with Crippen molar-refractivity contribution >= 4 is 0 Å². The van der Waals surface area contributed by atoms with Crippen LogP contribution in [0, 0.1) is 11.3 Å². The first kappa shape index (κ1) is 9.37. The minimum Gasteiger partial charge on any atom is -0.330 e. The Hall–Kier alpha value is -0.860. The quantitative estimate of drug-likeness (QED) is 0.759. The summed E-state index contributed by atoms with van der Waals surface area (Å²) < 4.78 is 0. The highest BCUT2D eigenvalue weighted by molar-refractivity contribution is 5.34. The molecule has 80 valence electrons. The van der Waals surface area contributed by atoms with Crippen LogP contribution in [-0.4, -0.2) is 19.6 Å². The van der Waals surface area contributed by atoms with E-state index >= 15 is 0 Å². The second-order valence-electron chi connectivity index (χ2n) is 4.89. The summed E-state index contributed by atoms with van der Waals surface area (Å²) in [7, 11) is 0. The second kappa shape index (κ2) is 3.32. The van der Waals surface area contributed by atoms with Crippen molar-refractivity contribution < 1.29 is 0 Å². The summed E-state index contributed by atoms with van der Waals surface area (Å²) in [6.45, 7) is 3.13. The SMILES string of the molecule is NC[C@@]12CCNC[C@@H]1[C@H]2c1ccccc1. The molecule has 2 nitrogen and oxygen atoms in total. The topological polar surface area (TPSA) is 38.0 Å². The predicted molar refractivity (Wildman–Crippen MR) is 61.6 cm³/mol. The van der Waals surface area contributed by atoms with E-state index in [0.29, 0.717) is 11.3 Å². The highest BCUT2D eigenvalue weighted by Crippen LogP contribution is 2.66. The van der Waals surface area contributed by atoms with Crippen LogP contribution in [-0.2, 0) is 0 Å². The number of hydrogen-bond donors (Lipinski definition) is 2. The smallest absolute Gasteiger partial charge is 0.000841 e. The van der Waals surface area contributed by atoms with Crippen LogP contribution in [0.2, 0.25) is 0 Å². The van der Waals surface area contributed by atoms with Crippen LogP contribution in [0.15, 0.2) is 30.3 Å². The minimum absolute atomic E-state index is 0.423. The molecule has 0 unspecified atom stereocenters. The molecule has 1 saturated heterocycles. The van der Waals surface area contributed by atoms with Crippen LogP contribution in [0.1, 0.15) is 17.9 Å². The van der Waals surface area contributed by atoms with E-state index in [1.54, 1.807) is 0 Å². The predicted octanol–water partition coefficient (Wildman–Crippen LogP) is 1.34. The lowest BCUT2D eigenvalue weighted by Gasteiger charge is -2.20. The first-order valence-corrected chi connectivity index (χ1v) is 5.84. The summed E-state index contributed by atoms with van der Waals surface area (Å²) in [6.07, 6.45) is 1.24. The first-order valence-electron chi connectivity index (χ1n) is 5.84. The number of rotatable bonds is 2. The van der Waals surface area contributed by atoms with E-state index in [-0.39, 0.29) is 0 Å². The summed E-state index contributed by atoms with van der Waals surface area (Å²) in [5.74, 6) is 1.48. The molecule has 1 aliphatic carbocycles. The number of benzene rings is 1. The number of fused-ring (bicyclic) bond motifs is 1. The molecule has 1 aromatic carbocycles. The molecule has 3 rings (SSSR count). The van der Waals surface area contributed by atoms with E-state index < -0.39 is 0 Å². The third-order valence-electron chi connectivity index (χ3n) is 4.32. The molecule has 1 saturated carbocycles. The average molecular weight is 202 g/mol. The van der Waals surface area contributed by atoms with Crippen molar-refractivity contribution in [2.45, 2.75) is 12.3 Å². The molecule has 0 amide bonds. The van der Waals surface area contributed by atoms with Gasteiger partial charge < -0.3 is 11.1 Å². The monoisotopic (exact) mass is 202 g/mol. The third kappa shape index (κ3) is 1.25. The molecule has 1 aromatic rings. The Labute approximate surface area is 90.9 Å². The van der Waals surface area contributed by atoms with Crippen molar-refractivity contribution in [2.75, 3.05) is 19.6 Å². The third-order valence-corrected chi connectivity index (χ3v) is 4.32. The lowest BCUT2D eigenvalue weighted by Crippen LogP contribution is -2.33. The van der Waals surface area contributed by atoms with Gasteiger partial charge in [-0.15, -0.1) is 0 Å². The van der Waals surface area contributed by atoms with Crippen LogP contribution < -0.4 is 11.1 Å². The van der Waals surface area contributed by atoms with Crippen molar-refractivity contribution in [1.82, 2.24) is 5.32 Å². The largest absolute Gasteiger partial charge is 0.330 e. The number of hydrogen-bond acceptors (Lipinski definition) is 2. The number of piperidine rings is 1. The molecule has 15 heavy (non-hydrogen) atoms. The molecule has 0 aromatic heterocycles. The zero-order valence-corrected chi connectivity index (χ0v) is 8.95. The average Bonchev–Trinajstić information content (AvgIpc) is 3.00. The van der Waals surface area contributed by atoms with Crippen molar-refractivity contribution in [3.63, 3.8) is 0 Å². The van der Waals surface area contributed by atoms with Crippen molar-refractivity contribution in [2.24, 2.45) is 17.1 Å². The fourth-order valence-electron chi connectivity index (χ4n) is 3.42. The van der Waals surface area contributed by atoms with Crippen molar-refractivity contribution in [3.8, 4) is 0 Å². The molecular weight excluding hydrogens is 184 g/mol. The van der Waals surface area contributed by atoms with Crippen LogP contribution in [0.25, 0.3) is 0 Å². The van der Waals surface area contributed by atoms with E-state index in [4.69, 9.17) is 5.73 Å². The van der Waals surface area contributed by atoms with Gasteiger partial charge in [0.2, 0.25) is 0 Å². The van der Waals surface area contributed by atoms with Crippen LogP contribution in [0.5, 0.6) is 0 Å². The second-order valence-corrected chi connectivity index (χ2v) is 4.89. The Morgan fingerprint density at radius 2 is 2.13 bits per heavy atom. The van der Waals surface area contributed by atoms with Crippen LogP contribution >= 0.6 is 0 Å². The Kier molecular flexibility index (Phi) is 2.08. The van der Waals surface area contributed by atoms with Crippen LogP contribution in [0.3, 0.4) is 0 Å². The summed E-state index contributed by atoms with van der Waals surface area (Å²) in [5.41, 5.74) is 7.89. The maximum Gasteiger partial charge on any atom is -0.000841 e. The Morgan fingerprint density at radius 3 is 2.80 bits per heavy atom. The molecule has 0 radical (unpaired) electrons. The fourth-order valence-corrected chi connectivity index (χ4v) is 3.42. The van der Waals surface area contributed by atoms with Gasteiger partial charge in [-0.25, -0.2) is 0 Å². The Morgan fingerprint density at radius 1 is 1.33 bits per heavy atom. The standard InChI is InChI=1S/C13H18N2/c14-9-13-6-7-15-8-11(13)12(13)10-4-2-1-3-5-10/h1-5,11-12,15H,6-9,14H2/t11-,12-,13+/m1/s1. The molecular formula is C13H18N2. The number of nitrogens with one attached hydrogen (secondary N) is 1. The highest BCUT2D eigenvalue weighted by Gasteiger charge is 2.64. The summed E-state index contributed by atoms with van der Waals surface area (Å²) >= 11 is 0. The lowest BCUT2D eigenvalue weighted by atomic mass is 9.93. The van der Waals surface area contributed by atoms with E-state index in [1.807, 2.05) is 0 Å². The van der Waals surface area contributed by atoms with Crippen LogP contribution in [0.4, 0.5) is 0 Å². The molecule has 3 N–H and O–H groups in total. The molecule has 0 spiro atoms. The van der Waals surface area contributed by atoms with Gasteiger partial charge in [-0.1, -0.05) is 30.3 Å². The maximum atomic E-state index is 5.98. The number of nitrogens with two attached hydrogens (primary N) is 1. The maximum absolute atomic E-state index is 5.98. The highest BCUT2D eigenvalue weighted by atomic mass is 15.0. The normalized spacial score (nSPS) is 38.5. The summed E-state index contributed by atoms with van der Waals surface area (Å²) in [6, 6.07) is 10.9. The van der Waals surface area contributed by atoms with Gasteiger partial charge in [-0.2, -0.15) is 0 Å². The van der Waals surface area contributed by atoms with Gasteiger partial charge in [0.25, 0.3) is 0 Å². The van der Waals surface area contributed by atoms with Gasteiger partial charge in [0.1, 0.15) is 0 Å². The Bertz CT molecular complexity index is 349. The molecule has 1 heterocycles. The molecule has 3 atom stereocenters. The zero-order valence-electron chi connectivity index (χ0n) is 8.95. The van der Waals surface area contributed by atoms with E-state index in [2.05, 4.69) is 35.6 Å². The first-order chi connectivity index (χ1) is 7.38. The fraction of sp³-hybridized carbons (Fsp3) is 0.538. The van der Waals surface area contributed by atoms with Gasteiger partial charge in [0.05, 0.1) is 0 Å². The van der Waals surface area contributed by atoms with Gasteiger partial charge >= 0.3 is 0 Å². The summed E-state index contributed by atoms with van der Waals surface area (Å²) in [4.78, 5) is 0. The van der Waals surface area contributed by atoms with E-state index in [9.17, 15) is 0 Å². The molecule has 2 aliphatic rings. The van der Waals surface area contributed by atoms with Gasteiger partial charge in [0.15, 0.2) is 0 Å². The van der Waals surface area contributed by atoms with Crippen molar-refractivity contribution in [3.05, 3.63) is 35.9 Å². The van der Waals surface area contributed by atoms with E-state index in [0.717, 1.165) is 25.6 Å². The minimum atomic E-state index is 0.423. The Balaban J connectivity index is 1.90. The van der Waals surface area contributed by atoms with Crippen molar-refractivity contribution in [1.29, 1.82) is 0 Å². The zero-order chi connectivity index (χ0) is 10.3. The van der Waals surface area contributed by atoms with E-state index in [1.165, 1.54) is 12.0 Å². The molecule has 0 bridgehead atoms. The van der Waals surface area contributed by atoms with Gasteiger partial charge in [-0.05, 0) is 48.9 Å². The molecule has 1 aliphatic heterocycles. The lowest BCUT2D eigenvalue weighted by molar-refractivity contribution is 0.358.